The molecule has 0 radical (unpaired) electrons. The second kappa shape index (κ2) is 8.28. The van der Waals surface area contributed by atoms with Crippen LogP contribution in [0.5, 0.6) is 0 Å². The van der Waals surface area contributed by atoms with Crippen molar-refractivity contribution in [3.63, 3.8) is 0 Å². The molecule has 132 valence electrons. The fraction of sp³-hybridized carbons (Fsp3) is 0.381. The molecule has 1 aliphatic heterocycles. The van der Waals surface area contributed by atoms with Crippen LogP contribution in [0.4, 0.5) is 5.69 Å². The zero-order valence-corrected chi connectivity index (χ0v) is 15.0. The number of ether oxygens (including phenoxy) is 1. The summed E-state index contributed by atoms with van der Waals surface area (Å²) in [4.78, 5) is 17.3. The Morgan fingerprint density at radius 1 is 1.04 bits per heavy atom. The Morgan fingerprint density at radius 2 is 1.68 bits per heavy atom. The van der Waals surface area contributed by atoms with Crippen molar-refractivity contribution in [1.82, 2.24) is 4.90 Å². The van der Waals surface area contributed by atoms with E-state index in [0.29, 0.717) is 0 Å². The number of benzene rings is 2. The molecule has 0 spiro atoms. The van der Waals surface area contributed by atoms with Crippen LogP contribution in [0, 0.1) is 0 Å². The van der Waals surface area contributed by atoms with Crippen molar-refractivity contribution in [2.24, 2.45) is 0 Å². The van der Waals surface area contributed by atoms with Crippen LogP contribution >= 0.6 is 0 Å². The molecule has 4 nitrogen and oxygen atoms in total. The maximum absolute atomic E-state index is 13.0. The van der Waals surface area contributed by atoms with Crippen molar-refractivity contribution in [3.8, 4) is 0 Å². The van der Waals surface area contributed by atoms with Crippen LogP contribution in [0.2, 0.25) is 0 Å². The van der Waals surface area contributed by atoms with Gasteiger partial charge >= 0.3 is 0 Å². The van der Waals surface area contributed by atoms with Crippen LogP contribution in [0.3, 0.4) is 0 Å². The molecule has 0 saturated carbocycles. The van der Waals surface area contributed by atoms with E-state index < -0.39 is 0 Å². The minimum absolute atomic E-state index is 0.156. The third-order valence-corrected chi connectivity index (χ3v) is 4.73. The molecule has 0 N–H and O–H groups in total. The highest BCUT2D eigenvalue weighted by atomic mass is 16.5. The van der Waals surface area contributed by atoms with Crippen molar-refractivity contribution in [1.29, 1.82) is 0 Å². The Balaban J connectivity index is 1.73. The van der Waals surface area contributed by atoms with Crippen LogP contribution in [0.15, 0.2) is 54.6 Å². The van der Waals surface area contributed by atoms with Gasteiger partial charge in [0.1, 0.15) is 0 Å². The molecule has 3 rings (SSSR count). The molecule has 1 unspecified atom stereocenters. The number of likely N-dealkylation sites (N-methyl/N-ethyl adjacent to an activating group) is 1. The van der Waals surface area contributed by atoms with Crippen molar-refractivity contribution >= 4 is 11.5 Å². The van der Waals surface area contributed by atoms with Gasteiger partial charge in [-0.05, 0) is 50.3 Å². The third kappa shape index (κ3) is 4.47. The number of nitrogens with zero attached hydrogens (tertiary/aromatic N) is 2. The van der Waals surface area contributed by atoms with Gasteiger partial charge in [-0.15, -0.1) is 0 Å². The molecular formula is C21H26N2O2. The SMILES string of the molecule is CN(C)C(Cc1ccccc1)C(=O)c1ccc(N2CCOCC2)cc1. The molecule has 1 aliphatic rings. The Kier molecular flexibility index (Phi) is 5.84. The zero-order chi connectivity index (χ0) is 17.6. The van der Waals surface area contributed by atoms with Crippen LogP contribution in [0.1, 0.15) is 15.9 Å². The maximum atomic E-state index is 13.0. The normalized spacial score (nSPS) is 16.0. The van der Waals surface area contributed by atoms with Crippen LogP contribution < -0.4 is 4.90 Å². The lowest BCUT2D eigenvalue weighted by Crippen LogP contribution is -2.38. The fourth-order valence-electron chi connectivity index (χ4n) is 3.20. The first kappa shape index (κ1) is 17.6. The number of morpholine rings is 1. The summed E-state index contributed by atoms with van der Waals surface area (Å²) < 4.78 is 5.40. The van der Waals surface area contributed by atoms with Gasteiger partial charge in [0.15, 0.2) is 5.78 Å². The van der Waals surface area contributed by atoms with Gasteiger partial charge in [0.05, 0.1) is 19.3 Å². The Bertz CT molecular complexity index is 677. The number of ketones is 1. The van der Waals surface area contributed by atoms with Gasteiger partial charge in [-0.2, -0.15) is 0 Å². The van der Waals surface area contributed by atoms with Gasteiger partial charge in [0, 0.05) is 24.3 Å². The molecule has 0 bridgehead atoms. The zero-order valence-electron chi connectivity index (χ0n) is 15.0. The van der Waals surface area contributed by atoms with Gasteiger partial charge in [-0.3, -0.25) is 9.69 Å². The van der Waals surface area contributed by atoms with Gasteiger partial charge < -0.3 is 9.64 Å². The van der Waals surface area contributed by atoms with E-state index in [1.165, 1.54) is 5.56 Å². The van der Waals surface area contributed by atoms with Crippen molar-refractivity contribution in [2.45, 2.75) is 12.5 Å². The number of hydrogen-bond acceptors (Lipinski definition) is 4. The number of anilines is 1. The lowest BCUT2D eigenvalue weighted by Gasteiger charge is -2.29. The smallest absolute Gasteiger partial charge is 0.180 e. The topological polar surface area (TPSA) is 32.8 Å². The second-order valence-electron chi connectivity index (χ2n) is 6.68. The standard InChI is InChI=1S/C21H26N2O2/c1-22(2)20(16-17-6-4-3-5-7-17)21(24)18-8-10-19(11-9-18)23-12-14-25-15-13-23/h3-11,20H,12-16H2,1-2H3. The highest BCUT2D eigenvalue weighted by Crippen LogP contribution is 2.19. The van der Waals surface area contributed by atoms with Crippen molar-refractivity contribution in [3.05, 3.63) is 65.7 Å². The lowest BCUT2D eigenvalue weighted by molar-refractivity contribution is 0.0875. The Labute approximate surface area is 150 Å². The first-order valence-electron chi connectivity index (χ1n) is 8.82. The molecule has 4 heteroatoms. The molecule has 1 saturated heterocycles. The second-order valence-corrected chi connectivity index (χ2v) is 6.68. The van der Waals surface area contributed by atoms with E-state index in [2.05, 4.69) is 17.0 Å². The summed E-state index contributed by atoms with van der Waals surface area (Å²) in [6.07, 6.45) is 0.720. The quantitative estimate of drug-likeness (QED) is 0.758. The number of hydrogen-bond donors (Lipinski definition) is 0. The average Bonchev–Trinajstić information content (AvgIpc) is 2.67. The number of rotatable bonds is 6. The number of carbonyl (C=O) groups excluding carboxylic acids is 1. The molecule has 1 fully saturated rings. The summed E-state index contributed by atoms with van der Waals surface area (Å²) in [7, 11) is 3.93. The Morgan fingerprint density at radius 3 is 2.28 bits per heavy atom. The molecular weight excluding hydrogens is 312 g/mol. The number of Topliss-reactive ketones (excluding diaryl/α,β-unsaturated/α-hetero) is 1. The number of carbonyl (C=O) groups is 1. The lowest BCUT2D eigenvalue weighted by atomic mass is 9.96. The van der Waals surface area contributed by atoms with E-state index in [1.807, 2.05) is 61.5 Å². The average molecular weight is 338 g/mol. The highest BCUT2D eigenvalue weighted by molar-refractivity contribution is 6.00. The first-order valence-corrected chi connectivity index (χ1v) is 8.82. The van der Waals surface area contributed by atoms with E-state index in [1.54, 1.807) is 0 Å². The molecule has 1 heterocycles. The molecule has 0 amide bonds. The minimum atomic E-state index is -0.156. The molecule has 2 aromatic rings. The largest absolute Gasteiger partial charge is 0.378 e. The van der Waals surface area contributed by atoms with Gasteiger partial charge in [-0.1, -0.05) is 30.3 Å². The van der Waals surface area contributed by atoms with E-state index in [4.69, 9.17) is 4.74 Å². The van der Waals surface area contributed by atoms with Crippen LogP contribution in [0.25, 0.3) is 0 Å². The summed E-state index contributed by atoms with van der Waals surface area (Å²) >= 11 is 0. The van der Waals surface area contributed by atoms with Gasteiger partial charge in [0.25, 0.3) is 0 Å². The molecule has 2 aromatic carbocycles. The summed E-state index contributed by atoms with van der Waals surface area (Å²) in [5.74, 6) is 0.169. The van der Waals surface area contributed by atoms with Crippen LogP contribution in [-0.4, -0.2) is 57.1 Å². The Hall–Kier alpha value is -2.17. The molecule has 0 aliphatic carbocycles. The van der Waals surface area contributed by atoms with Crippen molar-refractivity contribution < 1.29 is 9.53 Å². The monoisotopic (exact) mass is 338 g/mol. The summed E-state index contributed by atoms with van der Waals surface area (Å²) in [6.45, 7) is 3.34. The predicted octanol–water partition coefficient (Wildman–Crippen LogP) is 2.88. The van der Waals surface area contributed by atoms with Gasteiger partial charge in [-0.25, -0.2) is 0 Å². The van der Waals surface area contributed by atoms with E-state index >= 15 is 0 Å². The summed E-state index contributed by atoms with van der Waals surface area (Å²) in [6, 6.07) is 18.0. The van der Waals surface area contributed by atoms with Gasteiger partial charge in [0.2, 0.25) is 0 Å². The maximum Gasteiger partial charge on any atom is 0.180 e. The third-order valence-electron chi connectivity index (χ3n) is 4.73. The predicted molar refractivity (Wildman–Crippen MR) is 101 cm³/mol. The molecule has 1 atom stereocenters. The first-order chi connectivity index (χ1) is 12.1. The molecule has 25 heavy (non-hydrogen) atoms. The van der Waals surface area contributed by atoms with Crippen molar-refractivity contribution in [2.75, 3.05) is 45.3 Å². The summed E-state index contributed by atoms with van der Waals surface area (Å²) in [5, 5.41) is 0. The molecule has 0 aromatic heterocycles. The fourth-order valence-corrected chi connectivity index (χ4v) is 3.20. The van der Waals surface area contributed by atoms with E-state index in [0.717, 1.165) is 44.0 Å². The summed E-state index contributed by atoms with van der Waals surface area (Å²) in [5.41, 5.74) is 3.11. The van der Waals surface area contributed by atoms with E-state index in [9.17, 15) is 4.79 Å². The minimum Gasteiger partial charge on any atom is -0.378 e. The van der Waals surface area contributed by atoms with E-state index in [-0.39, 0.29) is 11.8 Å². The van der Waals surface area contributed by atoms with Crippen LogP contribution in [-0.2, 0) is 11.2 Å². The highest BCUT2D eigenvalue weighted by Gasteiger charge is 2.23.